The number of cyclic esters (lactones) is 1. The maximum Gasteiger partial charge on any atom is 0.329 e. The summed E-state index contributed by atoms with van der Waals surface area (Å²) in [5.41, 5.74) is 0. The Balaban J connectivity index is 3.03. The van der Waals surface area contributed by atoms with Gasteiger partial charge in [0.05, 0.1) is 32.0 Å². The van der Waals surface area contributed by atoms with Gasteiger partial charge in [0.15, 0.2) is 6.10 Å². The van der Waals surface area contributed by atoms with Crippen LogP contribution >= 0.6 is 0 Å². The van der Waals surface area contributed by atoms with Crippen LogP contribution in [-0.2, 0) is 62.2 Å². The summed E-state index contributed by atoms with van der Waals surface area (Å²) in [5, 5.41) is 34.8. The first-order valence-corrected chi connectivity index (χ1v) is 33.7. The van der Waals surface area contributed by atoms with E-state index in [1.807, 2.05) is 76.2 Å². The minimum atomic E-state index is -1.76. The minimum absolute atomic E-state index is 0.0560. The van der Waals surface area contributed by atoms with Gasteiger partial charge in [-0.15, -0.1) is 0 Å². The fraction of sp³-hybridized carbons (Fsp3) is 0.836. The molecule has 0 spiro atoms. The van der Waals surface area contributed by atoms with Gasteiger partial charge in [-0.25, -0.2) is 4.79 Å². The average molecular weight is 1320 g/mol. The summed E-state index contributed by atoms with van der Waals surface area (Å²) >= 11 is 0. The Bertz CT molecular complexity index is 2510. The Hall–Kier alpha value is -5.99. The predicted octanol–water partition coefficient (Wildman–Crippen LogP) is 2.50. The van der Waals surface area contributed by atoms with Crippen molar-refractivity contribution >= 4 is 65.0 Å². The lowest BCUT2D eigenvalue weighted by molar-refractivity contribution is -0.166. The number of esters is 1. The van der Waals surface area contributed by atoms with Crippen molar-refractivity contribution in [1.82, 2.24) is 55.6 Å². The highest BCUT2D eigenvalue weighted by molar-refractivity contribution is 5.99. The summed E-state index contributed by atoms with van der Waals surface area (Å²) < 4.78 is 11.5. The van der Waals surface area contributed by atoms with E-state index in [4.69, 9.17) is 9.47 Å². The van der Waals surface area contributed by atoms with Crippen LogP contribution in [0.25, 0.3) is 0 Å². The number of carbonyl (C=O) groups excluding carboxylic acids is 11. The van der Waals surface area contributed by atoms with Crippen molar-refractivity contribution in [2.24, 2.45) is 47.3 Å². The number of aliphatic hydroxyl groups excluding tert-OH is 2. The van der Waals surface area contributed by atoms with Crippen LogP contribution in [0.15, 0.2) is 0 Å². The molecule has 0 bridgehead atoms. The lowest BCUT2D eigenvalue weighted by Crippen LogP contribution is -2.64. The van der Waals surface area contributed by atoms with Crippen molar-refractivity contribution in [2.45, 2.75) is 242 Å². The molecule has 2 heterocycles. The van der Waals surface area contributed by atoms with E-state index in [2.05, 4.69) is 26.2 Å². The summed E-state index contributed by atoms with van der Waals surface area (Å²) in [7, 11) is 8.18. The van der Waals surface area contributed by atoms with Gasteiger partial charge in [-0.1, -0.05) is 104 Å². The fourth-order valence-corrected chi connectivity index (χ4v) is 12.0. The zero-order valence-corrected chi connectivity index (χ0v) is 60.7. The Morgan fingerprint density at radius 1 is 0.484 bits per heavy atom. The van der Waals surface area contributed by atoms with Crippen LogP contribution in [0.1, 0.15) is 163 Å². The number of amides is 10. The van der Waals surface area contributed by atoms with Crippen LogP contribution < -0.4 is 21.3 Å². The number of morpholine rings is 1. The zero-order chi connectivity index (χ0) is 71.5. The van der Waals surface area contributed by atoms with Crippen LogP contribution in [0.3, 0.4) is 0 Å². The first-order chi connectivity index (χ1) is 43.0. The predicted molar refractivity (Wildman–Crippen MR) is 354 cm³/mol. The number of carbonyl (C=O) groups is 11. The van der Waals surface area contributed by atoms with Gasteiger partial charge in [-0.3, -0.25) is 52.8 Å². The van der Waals surface area contributed by atoms with Crippen molar-refractivity contribution < 1.29 is 72.4 Å². The average Bonchev–Trinajstić information content (AvgIpc) is 1.07. The van der Waals surface area contributed by atoms with E-state index in [0.29, 0.717) is 32.7 Å². The van der Waals surface area contributed by atoms with Gasteiger partial charge in [-0.2, -0.15) is 0 Å². The van der Waals surface area contributed by atoms with Crippen LogP contribution in [-0.4, -0.2) is 263 Å². The Morgan fingerprint density at radius 2 is 0.914 bits per heavy atom. The third-order valence-electron chi connectivity index (χ3n) is 17.7. The van der Waals surface area contributed by atoms with Crippen molar-refractivity contribution in [2.75, 3.05) is 75.1 Å². The molecule has 0 aromatic carbocycles. The molecule has 10 amide bonds. The van der Waals surface area contributed by atoms with E-state index < -0.39 is 162 Å². The molecular weight excluding hydrogens is 1200 g/mol. The summed E-state index contributed by atoms with van der Waals surface area (Å²) in [6, 6.07) is -12.3. The molecule has 6 N–H and O–H groups in total. The first kappa shape index (κ1) is 83.1. The zero-order valence-electron chi connectivity index (χ0n) is 60.7. The number of likely N-dealkylation sites (N-methyl/N-ethyl adjacent to an activating group) is 6. The third-order valence-corrected chi connectivity index (χ3v) is 17.7. The molecule has 2 rings (SSSR count). The molecule has 26 nitrogen and oxygen atoms in total. The number of nitrogens with zero attached hydrogens (tertiary/aromatic N) is 7. The Labute approximate surface area is 555 Å². The van der Waals surface area contributed by atoms with E-state index in [-0.39, 0.29) is 67.7 Å². The summed E-state index contributed by atoms with van der Waals surface area (Å²) in [4.78, 5) is 171. The molecule has 2 saturated heterocycles. The summed E-state index contributed by atoms with van der Waals surface area (Å²) in [6.07, 6.45) is -3.83. The van der Waals surface area contributed by atoms with Crippen LogP contribution in [0.4, 0.5) is 0 Å². The van der Waals surface area contributed by atoms with Crippen molar-refractivity contribution in [3.63, 3.8) is 0 Å². The summed E-state index contributed by atoms with van der Waals surface area (Å²) in [5.74, 6) is -11.6. The molecule has 0 aliphatic carbocycles. The second kappa shape index (κ2) is 37.9. The van der Waals surface area contributed by atoms with Gasteiger partial charge in [0.25, 0.3) is 5.91 Å². The monoisotopic (exact) mass is 1320 g/mol. The molecule has 0 aromatic heterocycles. The lowest BCUT2D eigenvalue weighted by Gasteiger charge is -2.41. The molecule has 2 aliphatic heterocycles. The van der Waals surface area contributed by atoms with Crippen LogP contribution in [0.5, 0.6) is 0 Å². The lowest BCUT2D eigenvalue weighted by atomic mass is 9.91. The molecule has 0 aromatic rings. The molecule has 2 fully saturated rings. The van der Waals surface area contributed by atoms with Gasteiger partial charge < -0.3 is 70.4 Å². The van der Waals surface area contributed by atoms with E-state index in [1.54, 1.807) is 34.6 Å². The molecule has 93 heavy (non-hydrogen) atoms. The number of aliphatic hydroxyl groups is 2. The van der Waals surface area contributed by atoms with Crippen LogP contribution in [0.2, 0.25) is 0 Å². The largest absolute Gasteiger partial charge is 0.450 e. The van der Waals surface area contributed by atoms with Crippen molar-refractivity contribution in [1.29, 1.82) is 0 Å². The highest BCUT2D eigenvalue weighted by Gasteiger charge is 2.46. The number of hydrogen-bond acceptors (Lipinski definition) is 16. The van der Waals surface area contributed by atoms with Gasteiger partial charge >= 0.3 is 5.97 Å². The maximum absolute atomic E-state index is 15.3. The van der Waals surface area contributed by atoms with E-state index in [1.165, 1.54) is 70.8 Å². The highest BCUT2D eigenvalue weighted by atomic mass is 16.6. The van der Waals surface area contributed by atoms with E-state index in [9.17, 15) is 48.6 Å². The van der Waals surface area contributed by atoms with Crippen molar-refractivity contribution in [3.8, 4) is 0 Å². The molecule has 534 valence electrons. The van der Waals surface area contributed by atoms with Crippen LogP contribution in [0, 0.1) is 47.3 Å². The second-order valence-electron chi connectivity index (χ2n) is 29.2. The minimum Gasteiger partial charge on any atom is -0.450 e. The van der Waals surface area contributed by atoms with Gasteiger partial charge in [0.2, 0.25) is 53.2 Å². The Morgan fingerprint density at radius 3 is 1.34 bits per heavy atom. The third kappa shape index (κ3) is 24.3. The molecule has 14 atom stereocenters. The normalized spacial score (nSPS) is 27.8. The quantitative estimate of drug-likeness (QED) is 0.107. The second-order valence-corrected chi connectivity index (χ2v) is 29.2. The molecular formula is C67H121N11O15. The molecule has 0 unspecified atom stereocenters. The first-order valence-electron chi connectivity index (χ1n) is 33.7. The SMILES string of the molecule is CC(C)C[C@@H]1C(=O)N[C@H](CC(C)C)C(=O)N(C)[C@H](C(C)C)C(=O)N(C)[C@H]([C@H](O)[C@H](C)CCN2CCOC[C@H]2C)C(=O)N[C@H]([C@@H](C)O)C(=O)N(C)CC(=O)N(C)[C@@H](CC(C)C)C(=O)N[C@H](CC(C)C)C(=O)N(C)[C@H](CC(C)C)C(=O)N[C@H](C)C(=O)O[C@@H](C(C)C)C(=O)N1C. The number of nitrogens with one attached hydrogen (secondary N) is 4. The van der Waals surface area contributed by atoms with E-state index in [0.717, 1.165) is 14.7 Å². The fourth-order valence-electron chi connectivity index (χ4n) is 12.0. The van der Waals surface area contributed by atoms with Gasteiger partial charge in [-0.05, 0) is 113 Å². The number of hydrogen-bond donors (Lipinski definition) is 6. The standard InChI is InChI=1S/C67H121N11O15/c1-36(2)29-47-62(86)74(21)50(32-39(7)8)58(82)68-45(17)67(91)93-57(42(13)14)66(90)75(22)51(33-40(9)10)60(84)70-48(30-37(3)4)63(87)76(23)54(41(11)12)65(89)77(24)55(56(81)43(15)25-26-78-27-28-92-35-44(78)16)61(85)71-53(46(18)79)64(88)72(19)34-52(80)73(20)49(31-38(5)6)59(83)69-47/h36-51,53-57,79,81H,25-35H2,1-24H3,(H,68,82)(H,69,83)(H,70,84)(H,71,85)/t43-,44-,45-,46-,47-,48-,49+,50-,51-,53-,54-,55-,56-,57+/m1/s1. The highest BCUT2D eigenvalue weighted by Crippen LogP contribution is 2.25. The molecule has 2 aliphatic rings. The van der Waals surface area contributed by atoms with Gasteiger partial charge in [0, 0.05) is 54.9 Å². The van der Waals surface area contributed by atoms with Crippen molar-refractivity contribution in [3.05, 3.63) is 0 Å². The molecule has 26 heteroatoms. The smallest absolute Gasteiger partial charge is 0.329 e. The Kier molecular flexibility index (Phi) is 33.9. The van der Waals surface area contributed by atoms with Gasteiger partial charge in [0.1, 0.15) is 54.4 Å². The molecule has 0 radical (unpaired) electrons. The number of rotatable bonds is 18. The number of ether oxygens (including phenoxy) is 2. The van der Waals surface area contributed by atoms with E-state index >= 15 is 14.4 Å². The summed E-state index contributed by atoms with van der Waals surface area (Å²) in [6.45, 7) is 32.9. The molecule has 0 saturated carbocycles. The topological polar surface area (TPSA) is 317 Å². The maximum atomic E-state index is 15.3.